The van der Waals surface area contributed by atoms with Gasteiger partial charge in [-0.1, -0.05) is 136 Å². The van der Waals surface area contributed by atoms with Gasteiger partial charge in [-0.05, 0) is 383 Å². The molecule has 6 N–H and O–H groups in total. The number of hydrogen-bond donors (Lipinski definition) is 6. The van der Waals surface area contributed by atoms with Crippen LogP contribution in [0.5, 0.6) is 0 Å². The normalized spacial score (nSPS) is 45.9. The Morgan fingerprint density at radius 1 is 0.414 bits per heavy atom. The number of esters is 1. The Bertz CT molecular complexity index is 2510. The Hall–Kier alpha value is -1.03. The molecule has 574 valence electrons. The Balaban J connectivity index is 0.000000166. The molecule has 12 aliphatic rings. The van der Waals surface area contributed by atoms with E-state index in [1.54, 1.807) is 12.5 Å². The molecule has 12 aliphatic carbocycles. The number of ether oxygens (including phenoxy) is 1. The minimum absolute atomic E-state index is 0.133. The predicted molar refractivity (Wildman–Crippen MR) is 411 cm³/mol. The van der Waals surface area contributed by atoms with Gasteiger partial charge in [0, 0.05) is 6.92 Å². The zero-order valence-corrected chi connectivity index (χ0v) is 68.3. The van der Waals surface area contributed by atoms with Crippen LogP contribution in [0.3, 0.4) is 0 Å². The fourth-order valence-corrected chi connectivity index (χ4v) is 28.3. The summed E-state index contributed by atoms with van der Waals surface area (Å²) in [5.74, 6) is 15.1. The number of rotatable bonds is 19. The van der Waals surface area contributed by atoms with Crippen LogP contribution >= 0.6 is 0 Å². The number of allylic oxidation sites excluding steroid dienone is 1. The van der Waals surface area contributed by atoms with Gasteiger partial charge in [0.15, 0.2) is 0 Å². The van der Waals surface area contributed by atoms with Crippen molar-refractivity contribution in [3.63, 3.8) is 0 Å². The molecule has 0 unspecified atom stereocenters. The summed E-state index contributed by atoms with van der Waals surface area (Å²) in [5.41, 5.74) is 3.18. The number of hydrogen-bond acceptors (Lipinski definition) is 8. The van der Waals surface area contributed by atoms with E-state index in [4.69, 9.17) is 0 Å². The van der Waals surface area contributed by atoms with Crippen molar-refractivity contribution in [1.82, 2.24) is 0 Å². The van der Waals surface area contributed by atoms with Crippen molar-refractivity contribution < 1.29 is 40.2 Å². The smallest absolute Gasteiger partial charge is 0.302 e. The lowest BCUT2D eigenvalue weighted by atomic mass is 9.43. The summed E-state index contributed by atoms with van der Waals surface area (Å²) >= 11 is 0. The van der Waals surface area contributed by atoms with Crippen LogP contribution in [0.1, 0.15) is 363 Å². The van der Waals surface area contributed by atoms with Crippen molar-refractivity contribution in [2.75, 3.05) is 6.61 Å². The quantitative estimate of drug-likeness (QED) is 0.0553. The molecule has 0 aromatic heterocycles. The maximum absolute atomic E-state index is 11.0. The summed E-state index contributed by atoms with van der Waals surface area (Å²) in [6.07, 6.45) is 44.9. The lowest BCUT2D eigenvalue weighted by Gasteiger charge is -2.62. The highest BCUT2D eigenvalue weighted by Crippen LogP contribution is 2.73. The molecule has 0 spiro atoms. The number of aliphatic hydroxyl groups is 6. The largest absolute Gasteiger partial charge is 0.466 e. The first-order valence-corrected chi connectivity index (χ1v) is 43.4. The second-order valence-electron chi connectivity index (χ2n) is 41.1. The van der Waals surface area contributed by atoms with Gasteiger partial charge < -0.3 is 35.4 Å². The van der Waals surface area contributed by atoms with Crippen LogP contribution in [0.4, 0.5) is 0 Å². The third kappa shape index (κ3) is 16.5. The van der Waals surface area contributed by atoms with Crippen molar-refractivity contribution in [1.29, 1.82) is 0 Å². The van der Waals surface area contributed by atoms with E-state index >= 15 is 0 Å². The molecule has 8 nitrogen and oxygen atoms in total. The van der Waals surface area contributed by atoms with Crippen molar-refractivity contribution in [2.45, 2.75) is 398 Å². The lowest BCUT2D eigenvalue weighted by molar-refractivity contribution is -0.152. The van der Waals surface area contributed by atoms with E-state index in [0.717, 1.165) is 178 Å². The highest BCUT2D eigenvalue weighted by Gasteiger charge is 2.65. The predicted octanol–water partition coefficient (Wildman–Crippen LogP) is 22.1. The first-order valence-electron chi connectivity index (χ1n) is 43.4. The Labute approximate surface area is 610 Å². The van der Waals surface area contributed by atoms with E-state index in [9.17, 15) is 35.4 Å². The van der Waals surface area contributed by atoms with Gasteiger partial charge in [0.25, 0.3) is 0 Å². The first kappa shape index (κ1) is 82.0. The molecule has 11 fully saturated rings. The molecule has 0 radical (unpaired) electrons. The zero-order chi connectivity index (χ0) is 72.8. The van der Waals surface area contributed by atoms with Gasteiger partial charge in [-0.15, -0.1) is 0 Å². The maximum atomic E-state index is 11.0. The van der Waals surface area contributed by atoms with Crippen LogP contribution in [0, 0.1) is 151 Å². The van der Waals surface area contributed by atoms with Gasteiger partial charge >= 0.3 is 5.97 Å². The van der Waals surface area contributed by atoms with E-state index in [1.165, 1.54) is 155 Å². The Morgan fingerprint density at radius 3 is 1.09 bits per heavy atom. The average Bonchev–Trinajstić information content (AvgIpc) is 1.71. The van der Waals surface area contributed by atoms with Crippen molar-refractivity contribution in [3.05, 3.63) is 11.6 Å². The van der Waals surface area contributed by atoms with Crippen LogP contribution in [0.15, 0.2) is 11.6 Å². The maximum Gasteiger partial charge on any atom is 0.302 e. The topological polar surface area (TPSA) is 148 Å². The van der Waals surface area contributed by atoms with Crippen LogP contribution in [0.2, 0.25) is 0 Å². The van der Waals surface area contributed by atoms with Crippen LogP contribution in [-0.2, 0) is 9.53 Å². The van der Waals surface area contributed by atoms with E-state index in [1.807, 2.05) is 0 Å². The van der Waals surface area contributed by atoms with Gasteiger partial charge in [0.1, 0.15) is 0 Å². The molecule has 0 amide bonds. The fourth-order valence-electron chi connectivity index (χ4n) is 28.3. The molecular formula is C91H162O8. The van der Waals surface area contributed by atoms with Crippen molar-refractivity contribution in [2.24, 2.45) is 151 Å². The summed E-state index contributed by atoms with van der Waals surface area (Å²) in [6.45, 7) is 46.2. The molecule has 0 aliphatic heterocycles. The number of carbonyl (C=O) groups excluding carboxylic acids is 1. The average molecular weight is 1380 g/mol. The molecular weight excluding hydrogens is 1220 g/mol. The van der Waals surface area contributed by atoms with Crippen LogP contribution in [-0.4, -0.2) is 78.3 Å². The number of fused-ring (bicyclic) bond motifs is 15. The highest BCUT2D eigenvalue weighted by atomic mass is 16.5. The second kappa shape index (κ2) is 32.4. The lowest BCUT2D eigenvalue weighted by Crippen LogP contribution is -2.56. The summed E-state index contributed by atoms with van der Waals surface area (Å²) in [4.78, 5) is 9.82. The summed E-state index contributed by atoms with van der Waals surface area (Å²) in [5, 5.41) is 64.1. The van der Waals surface area contributed by atoms with Gasteiger partial charge in [-0.2, -0.15) is 0 Å². The Morgan fingerprint density at radius 2 is 0.758 bits per heavy atom. The number of aliphatic hydroxyl groups excluding tert-OH is 3. The summed E-state index contributed by atoms with van der Waals surface area (Å²) in [7, 11) is 0. The minimum Gasteiger partial charge on any atom is -0.466 e. The molecule has 0 heterocycles. The van der Waals surface area contributed by atoms with E-state index in [0.29, 0.717) is 56.9 Å². The van der Waals surface area contributed by atoms with Crippen LogP contribution in [0.25, 0.3) is 0 Å². The van der Waals surface area contributed by atoms with Crippen molar-refractivity contribution in [3.8, 4) is 0 Å². The first-order chi connectivity index (χ1) is 46.4. The highest BCUT2D eigenvalue weighted by molar-refractivity contribution is 5.65. The molecule has 0 saturated heterocycles. The number of carbonyl (C=O) groups is 1. The molecule has 29 atom stereocenters. The molecule has 8 heteroatoms. The monoisotopic (exact) mass is 1380 g/mol. The van der Waals surface area contributed by atoms with E-state index in [-0.39, 0.29) is 35.5 Å². The third-order valence-corrected chi connectivity index (χ3v) is 35.6. The molecule has 11 saturated carbocycles. The Kier molecular flexibility index (Phi) is 26.9. The van der Waals surface area contributed by atoms with Crippen LogP contribution < -0.4 is 0 Å². The molecule has 0 bridgehead atoms. The van der Waals surface area contributed by atoms with Crippen molar-refractivity contribution >= 4 is 5.97 Å². The molecule has 0 aromatic carbocycles. The summed E-state index contributed by atoms with van der Waals surface area (Å²) in [6, 6.07) is 0. The molecule has 0 aromatic rings. The molecule has 12 rings (SSSR count). The third-order valence-electron chi connectivity index (χ3n) is 35.6. The van der Waals surface area contributed by atoms with Gasteiger partial charge in [0.05, 0.1) is 41.7 Å². The fraction of sp³-hybridized carbons (Fsp3) is 0.967. The minimum atomic E-state index is -0.449. The molecule has 99 heavy (non-hydrogen) atoms. The SMILES string of the molecule is CCOC(C)=O.CC[C@]1(O)CC[C@@]2(C)C(=CC[C@H]3[C@@H]4CC[C@H]([C@H](C)CC[C@H](O)C(C)C)[C@@]4(C)CC[C@@H]32)C1.CC[C@]1(O)CC[C@@]2(C)[C@@H](CC[C@@H]3[C@@H]2CC[C@]2(C)[C@@H]([C@H](C)CC[C@H](O)C(C)C)CC[C@@H]32)C1.CC[C@]1(O)CC[C@@]2(C)[C@H](CC[C@@H]3[C@@H]2CC[C@]2(C)[C@@H]([C@H](C)CC[C@H](O)C(C)C)CC[C@@H]32)C1. The summed E-state index contributed by atoms with van der Waals surface area (Å²) < 4.78 is 4.40. The van der Waals surface area contributed by atoms with E-state index < -0.39 is 5.60 Å². The van der Waals surface area contributed by atoms with Gasteiger partial charge in [-0.25, -0.2) is 0 Å². The van der Waals surface area contributed by atoms with E-state index in [2.05, 4.69) is 135 Å². The zero-order valence-electron chi connectivity index (χ0n) is 68.3. The van der Waals surface area contributed by atoms with Gasteiger partial charge in [-0.3, -0.25) is 4.79 Å². The standard InChI is InChI=1S/2C29H52O2.C29H50O2.C4H8O2/c3*1-7-29(31)17-16-27(5)21(18-29)9-10-22-24-12-11-23(28(24,6)15-14-25(22)27)20(4)8-13-26(30)19(2)3;1-3-6-4(2)5/h2*19-26,30-31H,7-18H2,1-6H3;9,19-20,22-26,30-31H,7-8,10-18H2,1-6H3;3H2,1-2H3/t20-,21+,22+,23-,24+,25+,26+,27+,28-,29+;20-,21-,22+,23-,24+,25+,26+,27+,28-,29+;20-,22+,23-,24+,25+,26+,27+,28-,29+;/m111./s1. The van der Waals surface area contributed by atoms with Gasteiger partial charge in [0.2, 0.25) is 0 Å². The second-order valence-corrected chi connectivity index (χ2v) is 41.1.